The second-order valence-corrected chi connectivity index (χ2v) is 20.8. The first-order chi connectivity index (χ1) is 36.5. The van der Waals surface area contributed by atoms with Crippen molar-refractivity contribution in [1.29, 1.82) is 0 Å². The summed E-state index contributed by atoms with van der Waals surface area (Å²) in [7, 11) is 4.87. The number of hydrogen-bond acceptors (Lipinski definition) is 15. The maximum absolute atomic E-state index is 14.0. The molecule has 5 amide bonds. The van der Waals surface area contributed by atoms with Crippen molar-refractivity contribution in [3.8, 4) is 27.6 Å². The number of unbranched alkanes of at least 4 members (excludes halogenated alkanes) is 6. The number of thiazole rings is 1. The Balaban J connectivity index is 0.791. The number of likely N-dealkylation sites (tertiary alicyclic amines) is 1. The van der Waals surface area contributed by atoms with Crippen molar-refractivity contribution < 1.29 is 33.8 Å². The van der Waals surface area contributed by atoms with Crippen molar-refractivity contribution in [1.82, 2.24) is 55.9 Å². The van der Waals surface area contributed by atoms with Crippen molar-refractivity contribution in [2.45, 2.75) is 110 Å². The number of aryl methyl sites for hydroxylation is 2. The van der Waals surface area contributed by atoms with Crippen LogP contribution >= 0.6 is 11.3 Å². The number of ether oxygens (including phenoxy) is 1. The van der Waals surface area contributed by atoms with Crippen LogP contribution in [0, 0.1) is 12.3 Å². The molecule has 1 fully saturated rings. The molecule has 4 aromatic heterocycles. The minimum Gasteiger partial charge on any atom is -0.494 e. The van der Waals surface area contributed by atoms with Gasteiger partial charge in [0.2, 0.25) is 17.7 Å². The number of pyridine rings is 2. The number of rotatable bonds is 24. The van der Waals surface area contributed by atoms with E-state index in [9.17, 15) is 29.1 Å². The average Bonchev–Trinajstić information content (AvgIpc) is 4.16. The van der Waals surface area contributed by atoms with E-state index in [4.69, 9.17) is 4.74 Å². The van der Waals surface area contributed by atoms with Crippen molar-refractivity contribution in [2.75, 3.05) is 37.9 Å². The Bertz CT molecular complexity index is 2950. The van der Waals surface area contributed by atoms with Crippen molar-refractivity contribution >= 4 is 63.9 Å². The summed E-state index contributed by atoms with van der Waals surface area (Å²) in [4.78, 5) is 86.6. The molecular formula is C55H69N13O7S. The number of nitrogens with zero attached hydrogens (tertiary/aromatic N) is 7. The van der Waals surface area contributed by atoms with Gasteiger partial charge in [-0.2, -0.15) is 5.10 Å². The number of aliphatic hydroxyl groups is 1. The summed E-state index contributed by atoms with van der Waals surface area (Å²) in [5, 5.41) is 33.0. The number of carbonyl (C=O) groups is 5. The molecule has 7 N–H and O–H groups in total. The molecular weight excluding hydrogens is 987 g/mol. The summed E-state index contributed by atoms with van der Waals surface area (Å²) in [6.45, 7) is 8.40. The van der Waals surface area contributed by atoms with Crippen LogP contribution in [0.25, 0.3) is 21.8 Å². The second-order valence-electron chi connectivity index (χ2n) is 19.9. The number of methoxy groups -OCH3 is 1. The van der Waals surface area contributed by atoms with Crippen LogP contribution in [0.3, 0.4) is 0 Å². The number of nitrogens with one attached hydrogen (secondary N) is 6. The summed E-state index contributed by atoms with van der Waals surface area (Å²) < 4.78 is 7.36. The minimum absolute atomic E-state index is 0.0137. The van der Waals surface area contributed by atoms with E-state index in [-0.39, 0.29) is 55.5 Å². The topological polar surface area (TPSA) is 260 Å². The van der Waals surface area contributed by atoms with Crippen LogP contribution in [0.15, 0.2) is 84.9 Å². The molecule has 1 aliphatic rings. The van der Waals surface area contributed by atoms with Gasteiger partial charge >= 0.3 is 0 Å². The van der Waals surface area contributed by atoms with Crippen LogP contribution in [0.2, 0.25) is 0 Å². The summed E-state index contributed by atoms with van der Waals surface area (Å²) in [6.07, 6.45) is 10.3. The number of β-amino-alcohol motifs (C(OH)–C–C–N with tert-alkyl or cyclic N) is 1. The van der Waals surface area contributed by atoms with Gasteiger partial charge in [0.25, 0.3) is 11.8 Å². The van der Waals surface area contributed by atoms with Crippen molar-refractivity contribution in [2.24, 2.45) is 12.5 Å². The van der Waals surface area contributed by atoms with E-state index in [0.717, 1.165) is 60.2 Å². The summed E-state index contributed by atoms with van der Waals surface area (Å²) in [6, 6.07) is 16.7. The molecule has 0 radical (unpaired) electrons. The Morgan fingerprint density at radius 3 is 2.24 bits per heavy atom. The highest BCUT2D eigenvalue weighted by atomic mass is 32.1. The maximum Gasteiger partial charge on any atom is 0.254 e. The minimum atomic E-state index is -0.878. The van der Waals surface area contributed by atoms with E-state index in [1.807, 2.05) is 75.7 Å². The van der Waals surface area contributed by atoms with Gasteiger partial charge in [-0.3, -0.25) is 28.7 Å². The predicted octanol–water partition coefficient (Wildman–Crippen LogP) is 7.22. The smallest absolute Gasteiger partial charge is 0.254 e. The molecule has 3 atom stereocenters. The lowest BCUT2D eigenvalue weighted by Gasteiger charge is -2.35. The third-order valence-corrected chi connectivity index (χ3v) is 14.0. The molecule has 2 aromatic carbocycles. The molecule has 0 unspecified atom stereocenters. The monoisotopic (exact) mass is 1060 g/mol. The standard InChI is InChI=1S/C55H69N13O7S/c1-34-48(76-33-62-34)36-21-19-35(20-22-36)28-60-53(73)43-26-38(69)31-68(43)54(74)49(55(2,3)4)65-46(70)18-13-11-9-8-10-12-14-25-57-51(71)37-23-24-44(58-29-37)64-45-27-42(40(30-59-45)52(72)56-5)63-41-17-15-16-39(47(41)75-7)50-61-32-67(6)66-50/h15-17,19-24,27,29-30,32-33,38,43,49,69H,8-14,18,25-26,28,31H2,1-7H3,(H,56,72)(H,57,71)(H,60,73)(H,65,70)(H2,58,59,63,64)/t38-,43+,49-/m1/s1. The Morgan fingerprint density at radius 2 is 1.58 bits per heavy atom. The molecule has 1 aliphatic heterocycles. The highest BCUT2D eigenvalue weighted by Crippen LogP contribution is 2.38. The number of aromatic nitrogens is 6. The number of para-hydroxylation sites is 1. The summed E-state index contributed by atoms with van der Waals surface area (Å²) in [5.41, 5.74) is 6.51. The molecule has 76 heavy (non-hydrogen) atoms. The molecule has 0 aliphatic carbocycles. The highest BCUT2D eigenvalue weighted by molar-refractivity contribution is 7.13. The number of anilines is 4. The van der Waals surface area contributed by atoms with E-state index >= 15 is 0 Å². The summed E-state index contributed by atoms with van der Waals surface area (Å²) >= 11 is 1.58. The van der Waals surface area contributed by atoms with Gasteiger partial charge in [0, 0.05) is 65.0 Å². The first-order valence-electron chi connectivity index (χ1n) is 25.6. The van der Waals surface area contributed by atoms with Crippen LogP contribution in [-0.2, 0) is 28.0 Å². The molecule has 0 bridgehead atoms. The largest absolute Gasteiger partial charge is 0.494 e. The number of hydrogen-bond donors (Lipinski definition) is 7. The second kappa shape index (κ2) is 26.1. The van der Waals surface area contributed by atoms with Gasteiger partial charge in [0.05, 0.1) is 57.4 Å². The fraction of sp³-hybridized carbons (Fsp3) is 0.418. The zero-order chi connectivity index (χ0) is 54.4. The van der Waals surface area contributed by atoms with Gasteiger partial charge < -0.3 is 46.6 Å². The fourth-order valence-electron chi connectivity index (χ4n) is 8.93. The Hall–Kier alpha value is -7.78. The zero-order valence-corrected chi connectivity index (χ0v) is 45.1. The first-order valence-corrected chi connectivity index (χ1v) is 26.5. The number of aliphatic hydroxyl groups excluding tert-OH is 1. The lowest BCUT2D eigenvalue weighted by molar-refractivity contribution is -0.144. The highest BCUT2D eigenvalue weighted by Gasteiger charge is 2.44. The van der Waals surface area contributed by atoms with Crippen LogP contribution in [-0.4, -0.2) is 115 Å². The van der Waals surface area contributed by atoms with E-state index in [1.165, 1.54) is 17.3 Å². The number of benzene rings is 2. The van der Waals surface area contributed by atoms with Gasteiger partial charge in [-0.15, -0.1) is 11.3 Å². The normalized spacial score (nSPS) is 14.7. The lowest BCUT2D eigenvalue weighted by atomic mass is 9.85. The van der Waals surface area contributed by atoms with E-state index in [2.05, 4.69) is 56.9 Å². The quantitative estimate of drug-likeness (QED) is 0.0296. The van der Waals surface area contributed by atoms with E-state index in [0.29, 0.717) is 64.2 Å². The molecule has 21 heteroatoms. The average molecular weight is 1060 g/mol. The van der Waals surface area contributed by atoms with Crippen molar-refractivity contribution in [3.63, 3.8) is 0 Å². The van der Waals surface area contributed by atoms with E-state index < -0.39 is 23.6 Å². The molecule has 5 heterocycles. The fourth-order valence-corrected chi connectivity index (χ4v) is 9.74. The maximum atomic E-state index is 14.0. The molecule has 6 aromatic rings. The molecule has 1 saturated heterocycles. The van der Waals surface area contributed by atoms with Gasteiger partial charge in [0.15, 0.2) is 11.6 Å². The molecule has 20 nitrogen and oxygen atoms in total. The third kappa shape index (κ3) is 14.7. The Kier molecular flexibility index (Phi) is 19.2. The van der Waals surface area contributed by atoms with Crippen LogP contribution in [0.4, 0.5) is 23.0 Å². The predicted molar refractivity (Wildman–Crippen MR) is 292 cm³/mol. The van der Waals surface area contributed by atoms with Gasteiger partial charge in [0.1, 0.15) is 30.0 Å². The van der Waals surface area contributed by atoms with Crippen LogP contribution < -0.4 is 36.6 Å². The van der Waals surface area contributed by atoms with Gasteiger partial charge in [-0.05, 0) is 60.6 Å². The number of amides is 5. The zero-order valence-electron chi connectivity index (χ0n) is 44.2. The molecule has 0 spiro atoms. The number of carbonyl (C=O) groups excluding carboxylic acids is 5. The SMILES string of the molecule is CNC(=O)c1cnc(Nc2ccc(C(=O)NCCCCCCCCCC(=O)N[C@H](C(=O)N3C[C@H](O)C[C@H]3C(=O)NCc3ccc(-c4scnc4C)cc3)C(C)(C)C)cn2)cc1Nc1cccc(-c2ncn(C)n2)c1OC. The Labute approximate surface area is 447 Å². The molecule has 402 valence electrons. The van der Waals surface area contributed by atoms with E-state index in [1.54, 1.807) is 61.8 Å². The van der Waals surface area contributed by atoms with Crippen LogP contribution in [0.5, 0.6) is 5.75 Å². The summed E-state index contributed by atoms with van der Waals surface area (Å²) in [5.74, 6) is 0.297. The third-order valence-electron chi connectivity index (χ3n) is 13.1. The lowest BCUT2D eigenvalue weighted by Crippen LogP contribution is -2.57. The van der Waals surface area contributed by atoms with Crippen LogP contribution in [0.1, 0.15) is 111 Å². The van der Waals surface area contributed by atoms with Crippen molar-refractivity contribution in [3.05, 3.63) is 107 Å². The molecule has 0 saturated carbocycles. The first kappa shape index (κ1) is 56.0. The Morgan fingerprint density at radius 1 is 0.842 bits per heavy atom. The molecule has 7 rings (SSSR count). The van der Waals surface area contributed by atoms with Gasteiger partial charge in [-0.25, -0.2) is 19.9 Å². The van der Waals surface area contributed by atoms with Gasteiger partial charge in [-0.1, -0.05) is 83.2 Å².